The first-order valence-corrected chi connectivity index (χ1v) is 14.7. The predicted molar refractivity (Wildman–Crippen MR) is 156 cm³/mol. The summed E-state index contributed by atoms with van der Waals surface area (Å²) < 4.78 is 44.9. The molecule has 0 N–H and O–H groups in total. The quantitative estimate of drug-likeness (QED) is 0.418. The van der Waals surface area contributed by atoms with E-state index in [2.05, 4.69) is 9.88 Å². The van der Waals surface area contributed by atoms with Crippen molar-refractivity contribution in [3.05, 3.63) is 52.3 Å². The number of aromatic nitrogens is 2. The summed E-state index contributed by atoms with van der Waals surface area (Å²) in [6.45, 7) is 9.87. The number of carbonyl (C=O) groups excluding carboxylic acids is 1. The number of amides is 1. The monoisotopic (exact) mass is 596 g/mol. The number of hydrogen-bond donors (Lipinski definition) is 0. The molecular formula is C31H37FN4O7. The van der Waals surface area contributed by atoms with Crippen molar-refractivity contribution in [3.8, 4) is 23.0 Å². The second-order valence-corrected chi connectivity index (χ2v) is 12.0. The Morgan fingerprint density at radius 1 is 1.00 bits per heavy atom. The lowest BCUT2D eigenvalue weighted by Gasteiger charge is -2.39. The van der Waals surface area contributed by atoms with E-state index >= 15 is 0 Å². The van der Waals surface area contributed by atoms with Crippen LogP contribution in [0, 0.1) is 5.82 Å². The number of benzene rings is 1. The van der Waals surface area contributed by atoms with Crippen molar-refractivity contribution in [2.75, 3.05) is 46.1 Å². The van der Waals surface area contributed by atoms with Gasteiger partial charge in [0.1, 0.15) is 43.4 Å². The van der Waals surface area contributed by atoms with Crippen LogP contribution in [0.5, 0.6) is 23.0 Å². The number of piperidine rings is 1. The lowest BCUT2D eigenvalue weighted by Crippen LogP contribution is -2.49. The Morgan fingerprint density at radius 2 is 1.70 bits per heavy atom. The molecule has 1 amide bonds. The SMILES string of the molecule is CC(C)(C)OC(=O)N(Cc1cc2c(cn1)OCCO2)C1CCN(CCn2c(=O)cc(F)c3ccc4c(c32)OCCO4)CC1. The van der Waals surface area contributed by atoms with E-state index < -0.39 is 17.0 Å². The van der Waals surface area contributed by atoms with Crippen LogP contribution in [0.4, 0.5) is 9.18 Å². The van der Waals surface area contributed by atoms with Crippen LogP contribution in [-0.2, 0) is 17.8 Å². The molecule has 3 aliphatic rings. The Kier molecular flexibility index (Phi) is 8.04. The lowest BCUT2D eigenvalue weighted by atomic mass is 10.0. The van der Waals surface area contributed by atoms with Gasteiger partial charge in [0.15, 0.2) is 23.0 Å². The normalized spacial score (nSPS) is 17.1. The average molecular weight is 597 g/mol. The molecule has 43 heavy (non-hydrogen) atoms. The average Bonchev–Trinajstić information content (AvgIpc) is 2.99. The van der Waals surface area contributed by atoms with Crippen LogP contribution < -0.4 is 24.5 Å². The van der Waals surface area contributed by atoms with Crippen LogP contribution in [0.3, 0.4) is 0 Å². The van der Waals surface area contributed by atoms with E-state index in [-0.39, 0.29) is 18.7 Å². The van der Waals surface area contributed by atoms with Gasteiger partial charge in [0.05, 0.1) is 18.4 Å². The van der Waals surface area contributed by atoms with Gasteiger partial charge in [0, 0.05) is 49.7 Å². The van der Waals surface area contributed by atoms with Crippen molar-refractivity contribution in [2.45, 2.75) is 58.3 Å². The lowest BCUT2D eigenvalue weighted by molar-refractivity contribution is 0.00529. The second-order valence-electron chi connectivity index (χ2n) is 12.0. The van der Waals surface area contributed by atoms with Crippen molar-refractivity contribution in [2.24, 2.45) is 0 Å². The highest BCUT2D eigenvalue weighted by atomic mass is 19.1. The van der Waals surface area contributed by atoms with Gasteiger partial charge >= 0.3 is 6.09 Å². The molecule has 0 radical (unpaired) electrons. The van der Waals surface area contributed by atoms with Crippen molar-refractivity contribution in [1.82, 2.24) is 19.4 Å². The molecule has 2 aromatic heterocycles. The molecule has 0 atom stereocenters. The molecule has 0 saturated carbocycles. The summed E-state index contributed by atoms with van der Waals surface area (Å²) in [6, 6.07) is 6.08. The van der Waals surface area contributed by atoms with E-state index in [1.54, 1.807) is 27.8 Å². The molecule has 12 heteroatoms. The summed E-state index contributed by atoms with van der Waals surface area (Å²) in [5.41, 5.74) is 0.0373. The molecule has 11 nitrogen and oxygen atoms in total. The maximum absolute atomic E-state index is 14.7. The number of likely N-dealkylation sites (tertiary alicyclic amines) is 1. The van der Waals surface area contributed by atoms with Crippen LogP contribution in [0.1, 0.15) is 39.3 Å². The number of ether oxygens (including phenoxy) is 5. The molecule has 6 rings (SSSR count). The van der Waals surface area contributed by atoms with Crippen LogP contribution in [0.2, 0.25) is 0 Å². The molecule has 3 aliphatic heterocycles. The number of nitrogens with zero attached hydrogens (tertiary/aromatic N) is 4. The standard InChI is InChI=1S/C31H37FN4O7/c1-31(2,3)43-30(38)36(19-20-16-25-26(18-33-20)41-13-12-40-25)21-6-8-34(9-7-21)10-11-35-27(37)17-23(32)22-4-5-24-29(28(22)35)42-15-14-39-24/h4-5,16-18,21H,6-15,19H2,1-3H3. The van der Waals surface area contributed by atoms with Crippen LogP contribution in [-0.4, -0.2) is 83.1 Å². The number of halogens is 1. The third-order valence-corrected chi connectivity index (χ3v) is 7.81. The summed E-state index contributed by atoms with van der Waals surface area (Å²) in [5.74, 6) is 1.55. The highest BCUT2D eigenvalue weighted by Gasteiger charge is 2.32. The molecule has 0 spiro atoms. The zero-order chi connectivity index (χ0) is 30.1. The fourth-order valence-corrected chi connectivity index (χ4v) is 5.77. The number of fused-ring (bicyclic) bond motifs is 4. The highest BCUT2D eigenvalue weighted by Crippen LogP contribution is 2.38. The predicted octanol–water partition coefficient (Wildman–Crippen LogP) is 3.98. The molecule has 0 bridgehead atoms. The van der Waals surface area contributed by atoms with E-state index in [0.717, 1.165) is 18.9 Å². The van der Waals surface area contributed by atoms with E-state index in [9.17, 15) is 14.0 Å². The van der Waals surface area contributed by atoms with Gasteiger partial charge in [-0.3, -0.25) is 14.7 Å². The van der Waals surface area contributed by atoms with Crippen molar-refractivity contribution >= 4 is 17.0 Å². The summed E-state index contributed by atoms with van der Waals surface area (Å²) in [4.78, 5) is 34.8. The molecule has 230 valence electrons. The summed E-state index contributed by atoms with van der Waals surface area (Å²) in [6.07, 6.45) is 2.68. The summed E-state index contributed by atoms with van der Waals surface area (Å²) in [7, 11) is 0. The zero-order valence-corrected chi connectivity index (χ0v) is 24.8. The van der Waals surface area contributed by atoms with Gasteiger partial charge < -0.3 is 33.2 Å². The van der Waals surface area contributed by atoms with Crippen LogP contribution in [0.25, 0.3) is 10.9 Å². The molecule has 5 heterocycles. The Labute approximate surface area is 249 Å². The Morgan fingerprint density at radius 3 is 2.44 bits per heavy atom. The van der Waals surface area contributed by atoms with Gasteiger partial charge in [-0.25, -0.2) is 9.18 Å². The number of pyridine rings is 2. The third kappa shape index (κ3) is 6.34. The van der Waals surface area contributed by atoms with Gasteiger partial charge in [0.2, 0.25) is 0 Å². The fourth-order valence-electron chi connectivity index (χ4n) is 5.77. The number of rotatable bonds is 6. The molecule has 3 aromatic rings. The summed E-state index contributed by atoms with van der Waals surface area (Å²) in [5, 5.41) is 0.323. The van der Waals surface area contributed by atoms with Crippen molar-refractivity contribution in [1.29, 1.82) is 0 Å². The maximum Gasteiger partial charge on any atom is 0.410 e. The van der Waals surface area contributed by atoms with Crippen molar-refractivity contribution in [3.63, 3.8) is 0 Å². The van der Waals surface area contributed by atoms with E-state index in [4.69, 9.17) is 23.7 Å². The highest BCUT2D eigenvalue weighted by molar-refractivity contribution is 5.88. The summed E-state index contributed by atoms with van der Waals surface area (Å²) >= 11 is 0. The molecule has 0 unspecified atom stereocenters. The minimum Gasteiger partial charge on any atom is -0.486 e. The Bertz CT molecular complexity index is 1560. The first kappa shape index (κ1) is 29.0. The molecule has 1 aromatic carbocycles. The Balaban J connectivity index is 1.15. The Hall–Kier alpha value is -4.06. The zero-order valence-electron chi connectivity index (χ0n) is 24.8. The first-order valence-electron chi connectivity index (χ1n) is 14.7. The van der Waals surface area contributed by atoms with Gasteiger partial charge in [-0.15, -0.1) is 0 Å². The van der Waals surface area contributed by atoms with E-state index in [1.165, 1.54) is 0 Å². The van der Waals surface area contributed by atoms with Crippen molar-refractivity contribution < 1.29 is 32.9 Å². The van der Waals surface area contributed by atoms with E-state index in [1.807, 2.05) is 26.8 Å². The molecular weight excluding hydrogens is 559 g/mol. The van der Waals surface area contributed by atoms with Gasteiger partial charge in [-0.05, 0) is 45.7 Å². The first-order chi connectivity index (χ1) is 20.7. The molecule has 1 fully saturated rings. The third-order valence-electron chi connectivity index (χ3n) is 7.81. The molecule has 1 saturated heterocycles. The van der Waals surface area contributed by atoms with E-state index in [0.29, 0.717) is 92.2 Å². The van der Waals surface area contributed by atoms with Gasteiger partial charge in [-0.1, -0.05) is 0 Å². The van der Waals surface area contributed by atoms with Crippen LogP contribution >= 0.6 is 0 Å². The molecule has 0 aliphatic carbocycles. The second kappa shape index (κ2) is 11.9. The minimum atomic E-state index is -0.643. The topological polar surface area (TPSA) is 105 Å². The fraction of sp³-hybridized carbons (Fsp3) is 0.516. The smallest absolute Gasteiger partial charge is 0.410 e. The maximum atomic E-state index is 14.7. The minimum absolute atomic E-state index is 0.0620. The number of hydrogen-bond acceptors (Lipinski definition) is 9. The largest absolute Gasteiger partial charge is 0.486 e. The number of carbonyl (C=O) groups is 1. The van der Waals surface area contributed by atoms with Gasteiger partial charge in [0.25, 0.3) is 5.56 Å². The van der Waals surface area contributed by atoms with Gasteiger partial charge in [-0.2, -0.15) is 0 Å². The van der Waals surface area contributed by atoms with Crippen LogP contribution in [0.15, 0.2) is 35.3 Å².